The molecule has 0 radical (unpaired) electrons. The summed E-state index contributed by atoms with van der Waals surface area (Å²) in [4.78, 5) is 0. The molecule has 1 aromatic carbocycles. The Kier molecular flexibility index (Phi) is 4.05. The Morgan fingerprint density at radius 1 is 1.17 bits per heavy atom. The summed E-state index contributed by atoms with van der Waals surface area (Å²) >= 11 is 0. The fraction of sp³-hybridized carbons (Fsp3) is 0.438. The van der Waals surface area contributed by atoms with Crippen LogP contribution < -0.4 is 0 Å². The molecule has 0 unspecified atom stereocenters. The van der Waals surface area contributed by atoms with Crippen molar-refractivity contribution >= 4 is 0 Å². The second-order valence-corrected chi connectivity index (χ2v) is 5.18. The molecule has 1 saturated carbocycles. The van der Waals surface area contributed by atoms with Crippen molar-refractivity contribution in [1.29, 1.82) is 0 Å². The number of hydrogen-bond acceptors (Lipinski definition) is 0. The van der Waals surface area contributed by atoms with Gasteiger partial charge in [0.05, 0.1) is 5.82 Å². The van der Waals surface area contributed by atoms with E-state index in [1.165, 1.54) is 0 Å². The molecule has 0 atom stereocenters. The van der Waals surface area contributed by atoms with Gasteiger partial charge in [-0.2, -0.15) is 18.6 Å². The number of halogens is 2. The summed E-state index contributed by atoms with van der Waals surface area (Å²) in [6.45, 7) is 7.23. The van der Waals surface area contributed by atoms with E-state index in [9.17, 15) is 8.78 Å². The van der Waals surface area contributed by atoms with Gasteiger partial charge in [0.2, 0.25) is 0 Å². The van der Waals surface area contributed by atoms with E-state index < -0.39 is 11.6 Å². The predicted molar refractivity (Wildman–Crippen MR) is 70.3 cm³/mol. The molecular weight excluding hydrogens is 230 g/mol. The van der Waals surface area contributed by atoms with Gasteiger partial charge in [-0.15, -0.1) is 12.6 Å². The Balaban J connectivity index is 2.10. The largest absolute Gasteiger partial charge is 0.281 e. The van der Waals surface area contributed by atoms with E-state index in [-0.39, 0.29) is 11.5 Å². The molecule has 2 heteroatoms. The third kappa shape index (κ3) is 2.58. The maximum Gasteiger partial charge on any atom is 0.105 e. The second-order valence-electron chi connectivity index (χ2n) is 5.18. The Morgan fingerprint density at radius 3 is 2.44 bits per heavy atom. The maximum absolute atomic E-state index is 13.9. The van der Waals surface area contributed by atoms with Gasteiger partial charge in [0.1, 0.15) is 5.82 Å². The summed E-state index contributed by atoms with van der Waals surface area (Å²) in [5.41, 5.74) is 0.661. The molecule has 0 bridgehead atoms. The smallest absolute Gasteiger partial charge is 0.105 e. The van der Waals surface area contributed by atoms with E-state index in [4.69, 9.17) is 0 Å². The maximum atomic E-state index is 13.9. The minimum atomic E-state index is -0.791. The van der Waals surface area contributed by atoms with Crippen LogP contribution in [0.25, 0.3) is 0 Å². The molecule has 0 saturated heterocycles. The lowest BCUT2D eigenvalue weighted by atomic mass is 9.77. The minimum absolute atomic E-state index is 0.136. The first-order valence-corrected chi connectivity index (χ1v) is 6.54. The third-order valence-corrected chi connectivity index (χ3v) is 3.98. The van der Waals surface area contributed by atoms with Crippen LogP contribution >= 0.6 is 0 Å². The Hall–Kier alpha value is -1.31. The van der Waals surface area contributed by atoms with Crippen molar-refractivity contribution in [2.24, 2.45) is 5.92 Å². The van der Waals surface area contributed by atoms with Gasteiger partial charge in [-0.1, -0.05) is 6.08 Å². The van der Waals surface area contributed by atoms with Gasteiger partial charge in [-0.3, -0.25) is 4.39 Å². The zero-order valence-electron chi connectivity index (χ0n) is 10.6. The topological polar surface area (TPSA) is 0 Å². The molecule has 0 amide bonds. The number of rotatable bonds is 3. The standard InChI is InChI=1S/C16H19F2/c1-3-4-12-6-8-13(9-7-12)14-10-5-11(2)15(17)16(14)18/h3,5,10,12-13H,1-2,4,6-9H2/q-1. The highest BCUT2D eigenvalue weighted by Gasteiger charge is 2.23. The van der Waals surface area contributed by atoms with E-state index in [1.807, 2.05) is 6.08 Å². The van der Waals surface area contributed by atoms with E-state index in [1.54, 1.807) is 12.1 Å². The summed E-state index contributed by atoms with van der Waals surface area (Å²) < 4.78 is 27.4. The van der Waals surface area contributed by atoms with Gasteiger partial charge in [-0.25, -0.2) is 4.39 Å². The lowest BCUT2D eigenvalue weighted by Gasteiger charge is -2.29. The lowest BCUT2D eigenvalue weighted by Crippen LogP contribution is -2.14. The summed E-state index contributed by atoms with van der Waals surface area (Å²) in [5.74, 6) is -0.671. The fourth-order valence-electron chi connectivity index (χ4n) is 2.86. The SMILES string of the molecule is C=CCC1CCC(c2ccc([CH2-])c(F)c2F)CC1. The van der Waals surface area contributed by atoms with Crippen LogP contribution in [0.3, 0.4) is 0 Å². The van der Waals surface area contributed by atoms with Gasteiger partial charge in [0.15, 0.2) is 0 Å². The number of allylic oxidation sites excluding steroid dienone is 1. The van der Waals surface area contributed by atoms with Crippen LogP contribution in [0, 0.1) is 24.5 Å². The highest BCUT2D eigenvalue weighted by molar-refractivity contribution is 5.30. The summed E-state index contributed by atoms with van der Waals surface area (Å²) in [6.07, 6.45) is 6.99. The van der Waals surface area contributed by atoms with Crippen LogP contribution in [-0.4, -0.2) is 0 Å². The van der Waals surface area contributed by atoms with E-state index in [2.05, 4.69) is 13.5 Å². The Morgan fingerprint density at radius 2 is 1.83 bits per heavy atom. The quantitative estimate of drug-likeness (QED) is 0.522. The van der Waals surface area contributed by atoms with Crippen molar-refractivity contribution in [3.8, 4) is 0 Å². The molecule has 98 valence electrons. The zero-order chi connectivity index (χ0) is 13.1. The van der Waals surface area contributed by atoms with Gasteiger partial charge >= 0.3 is 0 Å². The highest BCUT2D eigenvalue weighted by Crippen LogP contribution is 2.38. The summed E-state index contributed by atoms with van der Waals surface area (Å²) in [5, 5.41) is 0. The van der Waals surface area contributed by atoms with Crippen LogP contribution in [0.1, 0.15) is 49.1 Å². The minimum Gasteiger partial charge on any atom is -0.281 e. The zero-order valence-corrected chi connectivity index (χ0v) is 10.6. The number of hydrogen-bond donors (Lipinski definition) is 0. The highest BCUT2D eigenvalue weighted by atomic mass is 19.2. The molecule has 1 aliphatic carbocycles. The first-order valence-electron chi connectivity index (χ1n) is 6.54. The van der Waals surface area contributed by atoms with Crippen molar-refractivity contribution in [1.82, 2.24) is 0 Å². The van der Waals surface area contributed by atoms with Gasteiger partial charge in [0, 0.05) is 0 Å². The van der Waals surface area contributed by atoms with E-state index in [0.29, 0.717) is 11.5 Å². The molecule has 0 nitrogen and oxygen atoms in total. The number of benzene rings is 1. The third-order valence-electron chi connectivity index (χ3n) is 3.98. The van der Waals surface area contributed by atoms with Crippen LogP contribution in [0.5, 0.6) is 0 Å². The van der Waals surface area contributed by atoms with Crippen LogP contribution in [0.4, 0.5) is 8.78 Å². The van der Waals surface area contributed by atoms with Crippen molar-refractivity contribution in [2.45, 2.75) is 38.0 Å². The normalized spacial score (nSPS) is 23.9. The molecule has 1 aromatic rings. The second kappa shape index (κ2) is 5.55. The van der Waals surface area contributed by atoms with E-state index in [0.717, 1.165) is 32.1 Å². The Bertz CT molecular complexity index is 429. The molecule has 0 aliphatic heterocycles. The van der Waals surface area contributed by atoms with Crippen LogP contribution in [0.15, 0.2) is 24.8 Å². The molecule has 18 heavy (non-hydrogen) atoms. The molecule has 0 aromatic heterocycles. The molecule has 1 fully saturated rings. The van der Waals surface area contributed by atoms with Crippen molar-refractivity contribution in [3.63, 3.8) is 0 Å². The summed E-state index contributed by atoms with van der Waals surface area (Å²) in [7, 11) is 0. The summed E-state index contributed by atoms with van der Waals surface area (Å²) in [6, 6.07) is 3.27. The lowest BCUT2D eigenvalue weighted by molar-refractivity contribution is 0.321. The Labute approximate surface area is 108 Å². The molecule has 2 rings (SSSR count). The van der Waals surface area contributed by atoms with Crippen LogP contribution in [0.2, 0.25) is 0 Å². The van der Waals surface area contributed by atoms with Gasteiger partial charge in [-0.05, 0) is 49.5 Å². The van der Waals surface area contributed by atoms with Crippen LogP contribution in [-0.2, 0) is 0 Å². The van der Waals surface area contributed by atoms with Crippen molar-refractivity contribution in [3.05, 3.63) is 54.5 Å². The molecule has 0 N–H and O–H groups in total. The van der Waals surface area contributed by atoms with Crippen molar-refractivity contribution < 1.29 is 8.78 Å². The molecule has 0 heterocycles. The molecule has 1 aliphatic rings. The predicted octanol–water partition coefficient (Wildman–Crippen LogP) is 5.00. The molecular formula is C16H19F2-. The first-order chi connectivity index (χ1) is 8.63. The fourth-order valence-corrected chi connectivity index (χ4v) is 2.86. The average molecular weight is 249 g/mol. The average Bonchev–Trinajstić information content (AvgIpc) is 2.38. The van der Waals surface area contributed by atoms with Gasteiger partial charge in [0.25, 0.3) is 0 Å². The van der Waals surface area contributed by atoms with Gasteiger partial charge < -0.3 is 0 Å². The monoisotopic (exact) mass is 249 g/mol. The molecule has 0 spiro atoms. The van der Waals surface area contributed by atoms with Crippen molar-refractivity contribution in [2.75, 3.05) is 0 Å². The first kappa shape index (κ1) is 13.1. The van der Waals surface area contributed by atoms with E-state index >= 15 is 0 Å².